The van der Waals surface area contributed by atoms with E-state index < -0.39 is 0 Å². The zero-order valence-corrected chi connectivity index (χ0v) is 13.0. The molecule has 1 unspecified atom stereocenters. The van der Waals surface area contributed by atoms with Gasteiger partial charge in [-0.1, -0.05) is 12.1 Å². The molecule has 1 heterocycles. The molecule has 1 atom stereocenters. The van der Waals surface area contributed by atoms with E-state index in [1.165, 1.54) is 23.0 Å². The monoisotopic (exact) mass is 355 g/mol. The average molecular weight is 356 g/mol. The van der Waals surface area contributed by atoms with Gasteiger partial charge in [0.1, 0.15) is 10.3 Å². The van der Waals surface area contributed by atoms with E-state index in [2.05, 4.69) is 26.3 Å². The number of benzene rings is 1. The molecule has 112 valence electrons. The van der Waals surface area contributed by atoms with Crippen molar-refractivity contribution in [3.05, 3.63) is 56.7 Å². The van der Waals surface area contributed by atoms with Gasteiger partial charge in [-0.25, -0.2) is 9.07 Å². The van der Waals surface area contributed by atoms with E-state index in [0.29, 0.717) is 10.2 Å². The minimum absolute atomic E-state index is 0.114. The van der Waals surface area contributed by atoms with E-state index in [4.69, 9.17) is 5.11 Å². The standard InChI is InChI=1S/C14H15BrFN3O2/c1-9(10-2-4-11(16)5-3-10)18-12-8-17-19(6-7-20)14(21)13(12)15/h2-5,8-9,18,20H,6-7H2,1H3. The van der Waals surface area contributed by atoms with E-state index in [0.717, 1.165) is 5.56 Å². The molecule has 7 heteroatoms. The van der Waals surface area contributed by atoms with E-state index >= 15 is 0 Å². The smallest absolute Gasteiger partial charge is 0.283 e. The number of nitrogens with one attached hydrogen (secondary N) is 1. The molecule has 21 heavy (non-hydrogen) atoms. The van der Waals surface area contributed by atoms with Crippen LogP contribution in [0, 0.1) is 5.82 Å². The first-order valence-electron chi connectivity index (χ1n) is 6.41. The summed E-state index contributed by atoms with van der Waals surface area (Å²) < 4.78 is 14.4. The molecular weight excluding hydrogens is 341 g/mol. The van der Waals surface area contributed by atoms with Gasteiger partial charge >= 0.3 is 0 Å². The Kier molecular flexibility index (Phi) is 5.08. The molecule has 2 N–H and O–H groups in total. The van der Waals surface area contributed by atoms with Crippen molar-refractivity contribution in [3.63, 3.8) is 0 Å². The van der Waals surface area contributed by atoms with Crippen molar-refractivity contribution in [1.82, 2.24) is 9.78 Å². The topological polar surface area (TPSA) is 67.2 Å². The number of halogens is 2. The van der Waals surface area contributed by atoms with Gasteiger partial charge < -0.3 is 10.4 Å². The molecule has 2 rings (SSSR count). The van der Waals surface area contributed by atoms with Crippen LogP contribution >= 0.6 is 15.9 Å². The van der Waals surface area contributed by atoms with E-state index in [-0.39, 0.29) is 30.6 Å². The summed E-state index contributed by atoms with van der Waals surface area (Å²) in [6, 6.07) is 6.03. The predicted molar refractivity (Wildman–Crippen MR) is 81.7 cm³/mol. The third kappa shape index (κ3) is 3.68. The lowest BCUT2D eigenvalue weighted by Crippen LogP contribution is -2.26. The molecule has 0 aliphatic heterocycles. The first-order chi connectivity index (χ1) is 10.0. The number of hydrogen-bond acceptors (Lipinski definition) is 4. The molecule has 0 aliphatic carbocycles. The lowest BCUT2D eigenvalue weighted by Gasteiger charge is -2.17. The van der Waals surface area contributed by atoms with Crippen LogP contribution in [0.25, 0.3) is 0 Å². The number of aliphatic hydroxyl groups is 1. The van der Waals surface area contributed by atoms with Crippen LogP contribution in [0.1, 0.15) is 18.5 Å². The Morgan fingerprint density at radius 2 is 2.10 bits per heavy atom. The Bertz CT molecular complexity index is 673. The highest BCUT2D eigenvalue weighted by atomic mass is 79.9. The molecule has 2 aromatic rings. The number of anilines is 1. The summed E-state index contributed by atoms with van der Waals surface area (Å²) in [7, 11) is 0. The normalized spacial score (nSPS) is 12.2. The molecular formula is C14H15BrFN3O2. The fourth-order valence-corrected chi connectivity index (χ4v) is 2.31. The first kappa shape index (κ1) is 15.7. The predicted octanol–water partition coefficient (Wildman–Crippen LogP) is 2.31. The van der Waals surface area contributed by atoms with Crippen LogP contribution in [-0.2, 0) is 6.54 Å². The molecule has 0 radical (unpaired) electrons. The van der Waals surface area contributed by atoms with Gasteiger partial charge in [0.2, 0.25) is 0 Å². The highest BCUT2D eigenvalue weighted by Gasteiger charge is 2.12. The number of hydrogen-bond donors (Lipinski definition) is 2. The molecule has 0 saturated heterocycles. The quantitative estimate of drug-likeness (QED) is 0.863. The van der Waals surface area contributed by atoms with Crippen molar-refractivity contribution >= 4 is 21.6 Å². The lowest BCUT2D eigenvalue weighted by molar-refractivity contribution is 0.266. The summed E-state index contributed by atoms with van der Waals surface area (Å²) in [4.78, 5) is 12.0. The van der Waals surface area contributed by atoms with Crippen LogP contribution in [-0.4, -0.2) is 21.5 Å². The summed E-state index contributed by atoms with van der Waals surface area (Å²) in [6.45, 7) is 1.89. The number of rotatable bonds is 5. The molecule has 5 nitrogen and oxygen atoms in total. The summed E-state index contributed by atoms with van der Waals surface area (Å²) in [6.07, 6.45) is 1.52. The van der Waals surface area contributed by atoms with Gasteiger partial charge in [-0.15, -0.1) is 0 Å². The molecule has 1 aromatic carbocycles. The Morgan fingerprint density at radius 3 is 2.71 bits per heavy atom. The molecule has 0 bridgehead atoms. The van der Waals surface area contributed by atoms with E-state index in [9.17, 15) is 9.18 Å². The number of aliphatic hydroxyl groups excluding tert-OH is 1. The Labute approximate surface area is 129 Å². The highest BCUT2D eigenvalue weighted by Crippen LogP contribution is 2.23. The SMILES string of the molecule is CC(Nc1cnn(CCO)c(=O)c1Br)c1ccc(F)cc1. The maximum Gasteiger partial charge on any atom is 0.283 e. The Balaban J connectivity index is 2.21. The molecule has 0 fully saturated rings. The van der Waals surface area contributed by atoms with Gasteiger partial charge in [-0.05, 0) is 40.5 Å². The average Bonchev–Trinajstić information content (AvgIpc) is 2.47. The van der Waals surface area contributed by atoms with Gasteiger partial charge in [0.25, 0.3) is 5.56 Å². The van der Waals surface area contributed by atoms with Crippen molar-refractivity contribution in [3.8, 4) is 0 Å². The van der Waals surface area contributed by atoms with Crippen molar-refractivity contribution in [2.75, 3.05) is 11.9 Å². The number of aromatic nitrogens is 2. The first-order valence-corrected chi connectivity index (χ1v) is 7.20. The van der Waals surface area contributed by atoms with Crippen molar-refractivity contribution < 1.29 is 9.50 Å². The summed E-state index contributed by atoms with van der Waals surface area (Å²) in [5, 5.41) is 16.0. The highest BCUT2D eigenvalue weighted by molar-refractivity contribution is 9.10. The molecule has 1 aromatic heterocycles. The lowest BCUT2D eigenvalue weighted by atomic mass is 10.1. The third-order valence-corrected chi connectivity index (χ3v) is 3.81. The maximum absolute atomic E-state index is 12.9. The van der Waals surface area contributed by atoms with Gasteiger partial charge in [-0.3, -0.25) is 4.79 Å². The molecule has 0 spiro atoms. The fraction of sp³-hybridized carbons (Fsp3) is 0.286. The summed E-state index contributed by atoms with van der Waals surface area (Å²) in [5.74, 6) is -0.291. The largest absolute Gasteiger partial charge is 0.394 e. The second-order valence-corrected chi connectivity index (χ2v) is 5.33. The van der Waals surface area contributed by atoms with Gasteiger partial charge in [0.15, 0.2) is 0 Å². The van der Waals surface area contributed by atoms with Gasteiger partial charge in [-0.2, -0.15) is 5.10 Å². The maximum atomic E-state index is 12.9. The van der Waals surface area contributed by atoms with Gasteiger partial charge in [0, 0.05) is 6.04 Å². The van der Waals surface area contributed by atoms with Crippen molar-refractivity contribution in [2.45, 2.75) is 19.5 Å². The second kappa shape index (κ2) is 6.82. The number of nitrogens with zero attached hydrogens (tertiary/aromatic N) is 2. The second-order valence-electron chi connectivity index (χ2n) is 4.54. The minimum Gasteiger partial charge on any atom is -0.394 e. The molecule has 0 aliphatic rings. The van der Waals surface area contributed by atoms with Crippen LogP contribution in [0.4, 0.5) is 10.1 Å². The van der Waals surface area contributed by atoms with E-state index in [1.807, 2.05) is 6.92 Å². The van der Waals surface area contributed by atoms with Crippen molar-refractivity contribution in [1.29, 1.82) is 0 Å². The van der Waals surface area contributed by atoms with Crippen LogP contribution in [0.5, 0.6) is 0 Å². The van der Waals surface area contributed by atoms with Crippen LogP contribution < -0.4 is 10.9 Å². The molecule has 0 amide bonds. The zero-order chi connectivity index (χ0) is 15.4. The minimum atomic E-state index is -0.319. The Morgan fingerprint density at radius 1 is 1.43 bits per heavy atom. The van der Waals surface area contributed by atoms with E-state index in [1.54, 1.807) is 12.1 Å². The van der Waals surface area contributed by atoms with Gasteiger partial charge in [0.05, 0.1) is 25.0 Å². The fourth-order valence-electron chi connectivity index (χ4n) is 1.89. The zero-order valence-electron chi connectivity index (χ0n) is 11.4. The Hall–Kier alpha value is -1.73. The van der Waals surface area contributed by atoms with Crippen molar-refractivity contribution in [2.24, 2.45) is 0 Å². The molecule has 0 saturated carbocycles. The van der Waals surface area contributed by atoms with Crippen LogP contribution in [0.2, 0.25) is 0 Å². The van der Waals surface area contributed by atoms with Crippen LogP contribution in [0.15, 0.2) is 39.7 Å². The third-order valence-electron chi connectivity index (χ3n) is 3.04. The summed E-state index contributed by atoms with van der Waals surface area (Å²) in [5.41, 5.74) is 1.12. The summed E-state index contributed by atoms with van der Waals surface area (Å²) >= 11 is 3.24. The van der Waals surface area contributed by atoms with Crippen LogP contribution in [0.3, 0.4) is 0 Å².